The second-order valence-corrected chi connectivity index (χ2v) is 6.35. The second-order valence-electron chi connectivity index (χ2n) is 6.35. The van der Waals surface area contributed by atoms with Crippen LogP contribution in [0.3, 0.4) is 0 Å². The molecule has 134 valence electrons. The molecule has 0 saturated carbocycles. The van der Waals surface area contributed by atoms with Crippen molar-refractivity contribution in [2.24, 2.45) is 0 Å². The van der Waals surface area contributed by atoms with Gasteiger partial charge < -0.3 is 4.90 Å². The summed E-state index contributed by atoms with van der Waals surface area (Å²) in [5.41, 5.74) is 1.62. The number of ketones is 1. The van der Waals surface area contributed by atoms with E-state index in [0.717, 1.165) is 5.56 Å². The van der Waals surface area contributed by atoms with Crippen LogP contribution in [0.25, 0.3) is 11.6 Å². The number of H-pyrrole nitrogens is 2. The zero-order chi connectivity index (χ0) is 19.0. The number of Topliss-reactive ketones (excluding diaryl/α,β-unsaturated/α-hetero) is 1. The Hall–Kier alpha value is -3.67. The standard InChI is InChI=1S/C21H17N3O3/c1-24-16-10-6-5-9-14(16)19(25)17(21(24)27)18-15(20(26)23-22-18)12-11-13-7-3-2-4-8-13/h2-10,12,22H,11H2,1H3,(H,23,26). The van der Waals surface area contributed by atoms with Gasteiger partial charge in [0, 0.05) is 12.6 Å². The number of aromatic amines is 2. The molecule has 3 aromatic rings. The average Bonchev–Trinajstić information content (AvgIpc) is 3.06. The summed E-state index contributed by atoms with van der Waals surface area (Å²) in [7, 11) is 1.62. The highest BCUT2D eigenvalue weighted by molar-refractivity contribution is 6.51. The van der Waals surface area contributed by atoms with Crippen molar-refractivity contribution in [1.29, 1.82) is 0 Å². The Bertz CT molecular complexity index is 1220. The first-order valence-electron chi connectivity index (χ1n) is 8.55. The second kappa shape index (κ2) is 6.57. The minimum atomic E-state index is -0.441. The normalized spacial score (nSPS) is 16.6. The summed E-state index contributed by atoms with van der Waals surface area (Å²) in [6.45, 7) is 0. The van der Waals surface area contributed by atoms with Crippen LogP contribution in [0.5, 0.6) is 0 Å². The Kier molecular flexibility index (Phi) is 4.08. The van der Waals surface area contributed by atoms with E-state index < -0.39 is 11.7 Å². The molecule has 0 atom stereocenters. The molecule has 2 aromatic carbocycles. The highest BCUT2D eigenvalue weighted by atomic mass is 16.2. The molecule has 4 rings (SSSR count). The van der Waals surface area contributed by atoms with Crippen LogP contribution in [-0.2, 0) is 11.2 Å². The zero-order valence-corrected chi connectivity index (χ0v) is 14.7. The van der Waals surface area contributed by atoms with Crippen molar-refractivity contribution in [2.75, 3.05) is 11.9 Å². The SMILES string of the molecule is CN1C(=O)C(=c2[nH][nH]c(=O)c2=CCc2ccccc2)C(=O)c2ccccc21. The van der Waals surface area contributed by atoms with Crippen LogP contribution < -0.4 is 21.0 Å². The lowest BCUT2D eigenvalue weighted by Crippen LogP contribution is -2.44. The van der Waals surface area contributed by atoms with E-state index >= 15 is 0 Å². The van der Waals surface area contributed by atoms with Crippen molar-refractivity contribution in [2.45, 2.75) is 6.42 Å². The van der Waals surface area contributed by atoms with Crippen molar-refractivity contribution >= 4 is 29.0 Å². The van der Waals surface area contributed by atoms with Crippen molar-refractivity contribution in [3.05, 3.63) is 86.6 Å². The fraction of sp³-hybridized carbons (Fsp3) is 0.0952. The van der Waals surface area contributed by atoms with Gasteiger partial charge in [0.05, 0.1) is 16.3 Å². The molecule has 0 bridgehead atoms. The van der Waals surface area contributed by atoms with E-state index in [9.17, 15) is 14.4 Å². The molecular weight excluding hydrogens is 342 g/mol. The van der Waals surface area contributed by atoms with E-state index in [1.807, 2.05) is 30.3 Å². The Labute approximate surface area is 154 Å². The third-order valence-electron chi connectivity index (χ3n) is 4.71. The summed E-state index contributed by atoms with van der Waals surface area (Å²) in [6.07, 6.45) is 2.24. The van der Waals surface area contributed by atoms with Gasteiger partial charge in [-0.1, -0.05) is 48.5 Å². The molecule has 0 aliphatic carbocycles. The van der Waals surface area contributed by atoms with Crippen LogP contribution in [0.1, 0.15) is 15.9 Å². The summed E-state index contributed by atoms with van der Waals surface area (Å²) in [4.78, 5) is 39.5. The maximum Gasteiger partial charge on any atom is 0.271 e. The van der Waals surface area contributed by atoms with E-state index in [1.165, 1.54) is 4.90 Å². The molecule has 0 spiro atoms. The average molecular weight is 359 g/mol. The van der Waals surface area contributed by atoms with Crippen molar-refractivity contribution < 1.29 is 9.59 Å². The molecule has 1 amide bonds. The van der Waals surface area contributed by atoms with Gasteiger partial charge in [-0.3, -0.25) is 24.6 Å². The van der Waals surface area contributed by atoms with Crippen LogP contribution in [0.15, 0.2) is 59.4 Å². The fourth-order valence-corrected chi connectivity index (χ4v) is 3.28. The quantitative estimate of drug-likeness (QED) is 0.708. The lowest BCUT2D eigenvalue weighted by Gasteiger charge is -2.25. The molecule has 27 heavy (non-hydrogen) atoms. The molecule has 1 aliphatic rings. The van der Waals surface area contributed by atoms with Gasteiger partial charge in [-0.05, 0) is 24.1 Å². The molecular formula is C21H17N3O3. The van der Waals surface area contributed by atoms with Gasteiger partial charge in [0.1, 0.15) is 5.57 Å². The molecule has 0 radical (unpaired) electrons. The third kappa shape index (κ3) is 2.81. The molecule has 0 saturated heterocycles. The summed E-state index contributed by atoms with van der Waals surface area (Å²) < 4.78 is 0. The fourth-order valence-electron chi connectivity index (χ4n) is 3.28. The van der Waals surface area contributed by atoms with Crippen LogP contribution >= 0.6 is 0 Å². The molecule has 2 heterocycles. The number of hydrogen-bond acceptors (Lipinski definition) is 3. The number of benzene rings is 2. The number of nitrogens with one attached hydrogen (secondary N) is 2. The van der Waals surface area contributed by atoms with Crippen LogP contribution in [0.4, 0.5) is 5.69 Å². The number of para-hydroxylation sites is 1. The third-order valence-corrected chi connectivity index (χ3v) is 4.71. The predicted molar refractivity (Wildman–Crippen MR) is 103 cm³/mol. The predicted octanol–water partition coefficient (Wildman–Crippen LogP) is 0.736. The van der Waals surface area contributed by atoms with Gasteiger partial charge >= 0.3 is 0 Å². The van der Waals surface area contributed by atoms with Crippen LogP contribution in [0, 0.1) is 0 Å². The van der Waals surface area contributed by atoms with E-state index in [4.69, 9.17) is 0 Å². The van der Waals surface area contributed by atoms with Gasteiger partial charge in [0.25, 0.3) is 11.5 Å². The van der Waals surface area contributed by atoms with Gasteiger partial charge in [-0.2, -0.15) is 0 Å². The van der Waals surface area contributed by atoms with Crippen LogP contribution in [-0.4, -0.2) is 28.9 Å². The highest BCUT2D eigenvalue weighted by Crippen LogP contribution is 2.28. The number of aromatic nitrogens is 2. The van der Waals surface area contributed by atoms with Crippen LogP contribution in [0.2, 0.25) is 0 Å². The number of rotatable bonds is 2. The molecule has 0 fully saturated rings. The van der Waals surface area contributed by atoms with E-state index in [1.54, 1.807) is 37.4 Å². The van der Waals surface area contributed by atoms with E-state index in [0.29, 0.717) is 22.9 Å². The number of hydrogen-bond donors (Lipinski definition) is 2. The Morgan fingerprint density at radius 1 is 0.926 bits per heavy atom. The molecule has 6 heteroatoms. The van der Waals surface area contributed by atoms with Gasteiger partial charge in [-0.15, -0.1) is 0 Å². The van der Waals surface area contributed by atoms with Crippen molar-refractivity contribution in [1.82, 2.24) is 10.2 Å². The first kappa shape index (κ1) is 16.8. The number of anilines is 1. The van der Waals surface area contributed by atoms with Gasteiger partial charge in [-0.25, -0.2) is 0 Å². The maximum atomic E-state index is 13.0. The number of fused-ring (bicyclic) bond motifs is 1. The van der Waals surface area contributed by atoms with Gasteiger partial charge in [0.2, 0.25) is 5.78 Å². The molecule has 6 nitrogen and oxygen atoms in total. The Morgan fingerprint density at radius 2 is 1.63 bits per heavy atom. The molecule has 2 N–H and O–H groups in total. The monoisotopic (exact) mass is 359 g/mol. The Balaban J connectivity index is 1.93. The zero-order valence-electron chi connectivity index (χ0n) is 14.7. The lowest BCUT2D eigenvalue weighted by atomic mass is 9.95. The summed E-state index contributed by atoms with van der Waals surface area (Å²) in [5, 5.41) is 5.74. The minimum absolute atomic E-state index is 0.0335. The Morgan fingerprint density at radius 3 is 2.41 bits per heavy atom. The molecule has 1 aliphatic heterocycles. The first-order chi connectivity index (χ1) is 13.1. The topological polar surface area (TPSA) is 86.0 Å². The van der Waals surface area contributed by atoms with E-state index in [2.05, 4.69) is 10.2 Å². The molecule has 1 aromatic heterocycles. The minimum Gasteiger partial charge on any atom is -0.310 e. The summed E-state index contributed by atoms with van der Waals surface area (Å²) >= 11 is 0. The summed E-state index contributed by atoms with van der Waals surface area (Å²) in [6, 6.07) is 16.6. The first-order valence-corrected chi connectivity index (χ1v) is 8.55. The highest BCUT2D eigenvalue weighted by Gasteiger charge is 2.33. The van der Waals surface area contributed by atoms with Gasteiger partial charge in [0.15, 0.2) is 0 Å². The number of carbonyl (C=O) groups excluding carboxylic acids is 2. The van der Waals surface area contributed by atoms with Crippen molar-refractivity contribution in [3.63, 3.8) is 0 Å². The van der Waals surface area contributed by atoms with Crippen molar-refractivity contribution in [3.8, 4) is 0 Å². The van der Waals surface area contributed by atoms with E-state index in [-0.39, 0.29) is 16.5 Å². The smallest absolute Gasteiger partial charge is 0.271 e. The number of amides is 1. The summed E-state index contributed by atoms with van der Waals surface area (Å²) in [5.74, 6) is -0.832. The molecule has 0 unspecified atom stereocenters. The number of nitrogens with zero attached hydrogens (tertiary/aromatic N) is 1. The lowest BCUT2D eigenvalue weighted by molar-refractivity contribution is -0.113. The maximum absolute atomic E-state index is 13.0. The largest absolute Gasteiger partial charge is 0.310 e. The number of carbonyl (C=O) groups is 2.